The van der Waals surface area contributed by atoms with E-state index in [9.17, 15) is 4.79 Å². The Morgan fingerprint density at radius 3 is 2.79 bits per heavy atom. The molecule has 2 heterocycles. The summed E-state index contributed by atoms with van der Waals surface area (Å²) < 4.78 is 0. The Kier molecular flexibility index (Phi) is 1.96. The number of likely N-dealkylation sites (tertiary alicyclic amines) is 1. The van der Waals surface area contributed by atoms with Gasteiger partial charge >= 0.3 is 0 Å². The van der Waals surface area contributed by atoms with Gasteiger partial charge in [0.05, 0.1) is 0 Å². The van der Waals surface area contributed by atoms with Gasteiger partial charge in [-0.05, 0) is 17.7 Å². The third-order valence-corrected chi connectivity index (χ3v) is 2.11. The van der Waals surface area contributed by atoms with Crippen molar-refractivity contribution in [2.75, 3.05) is 18.8 Å². The van der Waals surface area contributed by atoms with Gasteiger partial charge in [-0.25, -0.2) is 4.98 Å². The Labute approximate surface area is 82.0 Å². The summed E-state index contributed by atoms with van der Waals surface area (Å²) in [4.78, 5) is 17.3. The number of rotatable bonds is 1. The number of nitrogens with two attached hydrogens (primary N) is 1. The van der Waals surface area contributed by atoms with E-state index < -0.39 is 0 Å². The highest BCUT2D eigenvalue weighted by atomic mass is 16.2. The fourth-order valence-corrected chi connectivity index (χ4v) is 1.37. The van der Waals surface area contributed by atoms with Gasteiger partial charge in [0.15, 0.2) is 0 Å². The van der Waals surface area contributed by atoms with Gasteiger partial charge in [-0.1, -0.05) is 12.6 Å². The van der Waals surface area contributed by atoms with Crippen molar-refractivity contribution in [1.29, 1.82) is 0 Å². The first-order valence-electron chi connectivity index (χ1n) is 4.35. The average Bonchev–Trinajstić information content (AvgIpc) is 2.12. The molecule has 1 aromatic rings. The number of pyridine rings is 1. The molecule has 0 radical (unpaired) electrons. The largest absolute Gasteiger partial charge is 0.384 e. The van der Waals surface area contributed by atoms with Crippen molar-refractivity contribution in [2.24, 2.45) is 0 Å². The first-order chi connectivity index (χ1) is 6.66. The minimum atomic E-state index is -0.0790. The van der Waals surface area contributed by atoms with Gasteiger partial charge in [0.2, 0.25) is 0 Å². The van der Waals surface area contributed by atoms with Gasteiger partial charge in [0.1, 0.15) is 11.5 Å². The van der Waals surface area contributed by atoms with E-state index in [0.29, 0.717) is 24.6 Å². The highest BCUT2D eigenvalue weighted by Gasteiger charge is 2.25. The van der Waals surface area contributed by atoms with Crippen LogP contribution in [0.5, 0.6) is 0 Å². The van der Waals surface area contributed by atoms with Crippen LogP contribution in [0.3, 0.4) is 0 Å². The molecule has 1 aliphatic heterocycles. The molecule has 0 spiro atoms. The molecule has 14 heavy (non-hydrogen) atoms. The van der Waals surface area contributed by atoms with Crippen LogP contribution in [0.4, 0.5) is 5.82 Å². The van der Waals surface area contributed by atoms with Crippen molar-refractivity contribution in [1.82, 2.24) is 9.88 Å². The number of carbonyl (C=O) groups is 1. The molecule has 2 rings (SSSR count). The van der Waals surface area contributed by atoms with Crippen LogP contribution in [-0.4, -0.2) is 28.9 Å². The zero-order valence-electron chi connectivity index (χ0n) is 7.73. The van der Waals surface area contributed by atoms with E-state index in [-0.39, 0.29) is 5.91 Å². The first kappa shape index (κ1) is 8.74. The van der Waals surface area contributed by atoms with Crippen LogP contribution >= 0.6 is 0 Å². The van der Waals surface area contributed by atoms with Crippen LogP contribution in [0.1, 0.15) is 10.5 Å². The van der Waals surface area contributed by atoms with Gasteiger partial charge in [-0.3, -0.25) is 4.79 Å². The first-order valence-corrected chi connectivity index (χ1v) is 4.35. The minimum absolute atomic E-state index is 0.0790. The van der Waals surface area contributed by atoms with E-state index in [1.165, 1.54) is 0 Å². The molecule has 1 saturated heterocycles. The Balaban J connectivity index is 2.15. The maximum absolute atomic E-state index is 11.7. The Bertz CT molecular complexity index is 392. The third-order valence-electron chi connectivity index (χ3n) is 2.11. The topological polar surface area (TPSA) is 59.2 Å². The standard InChI is InChI=1S/C10H11N3O/c1-7-5-13(6-7)10(14)8-3-2-4-9(11)12-8/h2-4H,1,5-6H2,(H2,11,12). The fourth-order valence-electron chi connectivity index (χ4n) is 1.37. The molecule has 0 aliphatic carbocycles. The van der Waals surface area contributed by atoms with Crippen LogP contribution < -0.4 is 5.73 Å². The smallest absolute Gasteiger partial charge is 0.273 e. The molecule has 1 aliphatic rings. The van der Waals surface area contributed by atoms with Crippen molar-refractivity contribution >= 4 is 11.7 Å². The molecule has 0 aromatic carbocycles. The van der Waals surface area contributed by atoms with Crippen molar-refractivity contribution in [3.05, 3.63) is 36.0 Å². The van der Waals surface area contributed by atoms with E-state index in [1.807, 2.05) is 0 Å². The fraction of sp³-hybridized carbons (Fsp3) is 0.200. The number of anilines is 1. The predicted octanol–water partition coefficient (Wildman–Crippen LogP) is 0.676. The van der Waals surface area contributed by atoms with Crippen LogP contribution in [0.25, 0.3) is 0 Å². The SMILES string of the molecule is C=C1CN(C(=O)c2cccc(N)n2)C1. The molecule has 0 unspecified atom stereocenters. The van der Waals surface area contributed by atoms with Crippen LogP contribution in [-0.2, 0) is 0 Å². The quantitative estimate of drug-likeness (QED) is 0.661. The molecule has 0 atom stereocenters. The molecule has 1 amide bonds. The summed E-state index contributed by atoms with van der Waals surface area (Å²) in [5.74, 6) is 0.292. The van der Waals surface area contributed by atoms with Gasteiger partial charge in [0, 0.05) is 13.1 Å². The molecule has 0 bridgehead atoms. The molecular weight excluding hydrogens is 178 g/mol. The third kappa shape index (κ3) is 1.46. The summed E-state index contributed by atoms with van der Waals surface area (Å²) in [5.41, 5.74) is 6.96. The molecule has 0 saturated carbocycles. The molecular formula is C10H11N3O. The monoisotopic (exact) mass is 189 g/mol. The normalized spacial score (nSPS) is 15.1. The number of aromatic nitrogens is 1. The zero-order chi connectivity index (χ0) is 10.1. The Morgan fingerprint density at radius 2 is 2.21 bits per heavy atom. The van der Waals surface area contributed by atoms with Crippen molar-refractivity contribution in [3.8, 4) is 0 Å². The van der Waals surface area contributed by atoms with Crippen molar-refractivity contribution in [2.45, 2.75) is 0 Å². The van der Waals surface area contributed by atoms with Gasteiger partial charge < -0.3 is 10.6 Å². The highest BCUT2D eigenvalue weighted by Crippen LogP contribution is 2.15. The molecule has 4 nitrogen and oxygen atoms in total. The Hall–Kier alpha value is -1.84. The predicted molar refractivity (Wildman–Crippen MR) is 53.7 cm³/mol. The van der Waals surface area contributed by atoms with E-state index in [0.717, 1.165) is 5.57 Å². The maximum Gasteiger partial charge on any atom is 0.273 e. The Morgan fingerprint density at radius 1 is 1.50 bits per heavy atom. The summed E-state index contributed by atoms with van der Waals surface area (Å²) in [5, 5.41) is 0. The number of hydrogen-bond acceptors (Lipinski definition) is 3. The van der Waals surface area contributed by atoms with Crippen LogP contribution in [0.2, 0.25) is 0 Å². The lowest BCUT2D eigenvalue weighted by Crippen LogP contribution is -2.44. The van der Waals surface area contributed by atoms with Crippen molar-refractivity contribution < 1.29 is 4.79 Å². The second kappa shape index (κ2) is 3.14. The van der Waals surface area contributed by atoms with Crippen LogP contribution in [0.15, 0.2) is 30.4 Å². The second-order valence-corrected chi connectivity index (χ2v) is 3.36. The van der Waals surface area contributed by atoms with Crippen molar-refractivity contribution in [3.63, 3.8) is 0 Å². The molecule has 1 fully saturated rings. The number of nitrogen functional groups attached to an aromatic ring is 1. The van der Waals surface area contributed by atoms with E-state index in [2.05, 4.69) is 11.6 Å². The zero-order valence-corrected chi connectivity index (χ0v) is 7.73. The van der Waals surface area contributed by atoms with Crippen LogP contribution in [0, 0.1) is 0 Å². The maximum atomic E-state index is 11.7. The number of nitrogens with zero attached hydrogens (tertiary/aromatic N) is 2. The van der Waals surface area contributed by atoms with Gasteiger partial charge in [-0.15, -0.1) is 0 Å². The molecule has 4 heteroatoms. The second-order valence-electron chi connectivity index (χ2n) is 3.36. The van der Waals surface area contributed by atoms with Gasteiger partial charge in [-0.2, -0.15) is 0 Å². The summed E-state index contributed by atoms with van der Waals surface area (Å²) in [6, 6.07) is 5.05. The summed E-state index contributed by atoms with van der Waals surface area (Å²) in [6.07, 6.45) is 0. The summed E-state index contributed by atoms with van der Waals surface area (Å²) in [6.45, 7) is 5.03. The lowest BCUT2D eigenvalue weighted by Gasteiger charge is -2.32. The molecule has 1 aromatic heterocycles. The van der Waals surface area contributed by atoms with E-state index in [4.69, 9.17) is 5.73 Å². The number of carbonyl (C=O) groups excluding carboxylic acids is 1. The number of amides is 1. The minimum Gasteiger partial charge on any atom is -0.384 e. The molecule has 2 N–H and O–H groups in total. The van der Waals surface area contributed by atoms with E-state index in [1.54, 1.807) is 23.1 Å². The highest BCUT2D eigenvalue weighted by molar-refractivity contribution is 5.93. The lowest BCUT2D eigenvalue weighted by molar-refractivity contribution is 0.0722. The number of hydrogen-bond donors (Lipinski definition) is 1. The average molecular weight is 189 g/mol. The summed E-state index contributed by atoms with van der Waals surface area (Å²) >= 11 is 0. The summed E-state index contributed by atoms with van der Waals surface area (Å²) in [7, 11) is 0. The van der Waals surface area contributed by atoms with E-state index >= 15 is 0 Å². The van der Waals surface area contributed by atoms with Gasteiger partial charge in [0.25, 0.3) is 5.91 Å². The lowest BCUT2D eigenvalue weighted by atomic mass is 10.1. The molecule has 72 valence electrons.